The summed E-state index contributed by atoms with van der Waals surface area (Å²) in [5, 5.41) is 20.4. The molecule has 144 valence electrons. The van der Waals surface area contributed by atoms with Crippen molar-refractivity contribution < 1.29 is 33.5 Å². The Morgan fingerprint density at radius 1 is 1.35 bits per heavy atom. The SMILES string of the molecule is CCCOP(=O)(O)OC[C@H]1O[C@@H](n2cnc3c(=O)[nH]cnc32)[C@H](O)[C@@H]1O. The number of nitrogens with zero attached hydrogens (tertiary/aromatic N) is 3. The lowest BCUT2D eigenvalue weighted by Crippen LogP contribution is -2.33. The maximum absolute atomic E-state index is 11.7. The molecule has 0 bridgehead atoms. The molecule has 0 saturated carbocycles. The number of phosphoric acid groups is 1. The van der Waals surface area contributed by atoms with Crippen molar-refractivity contribution in [3.63, 3.8) is 0 Å². The van der Waals surface area contributed by atoms with Crippen LogP contribution in [0.3, 0.4) is 0 Å². The van der Waals surface area contributed by atoms with E-state index in [1.54, 1.807) is 6.92 Å². The van der Waals surface area contributed by atoms with Gasteiger partial charge in [0.05, 0.1) is 25.9 Å². The molecule has 2 aromatic rings. The summed E-state index contributed by atoms with van der Waals surface area (Å²) in [6, 6.07) is 0. The first-order valence-electron chi connectivity index (χ1n) is 7.87. The lowest BCUT2D eigenvalue weighted by Gasteiger charge is -2.17. The van der Waals surface area contributed by atoms with Crippen LogP contribution in [0.4, 0.5) is 0 Å². The number of ether oxygens (including phenoxy) is 1. The van der Waals surface area contributed by atoms with Crippen molar-refractivity contribution in [3.05, 3.63) is 23.0 Å². The molecular weight excluding hydrogens is 371 g/mol. The highest BCUT2D eigenvalue weighted by Crippen LogP contribution is 2.44. The zero-order chi connectivity index (χ0) is 18.9. The van der Waals surface area contributed by atoms with Crippen molar-refractivity contribution in [1.29, 1.82) is 0 Å². The third-order valence-electron chi connectivity index (χ3n) is 3.84. The number of aliphatic hydroxyl groups excluding tert-OH is 2. The first kappa shape index (κ1) is 19.1. The van der Waals surface area contributed by atoms with Crippen molar-refractivity contribution in [2.75, 3.05) is 13.2 Å². The van der Waals surface area contributed by atoms with E-state index in [0.717, 1.165) is 0 Å². The number of nitrogens with one attached hydrogen (secondary N) is 1. The molecule has 12 nitrogen and oxygen atoms in total. The standard InChI is InChI=1S/C13H19N4O8P/c1-2-3-23-26(21,22)24-4-7-9(18)10(19)13(25-7)17-6-16-8-11(17)14-5-15-12(8)20/h5-7,9-10,13,18-19H,2-4H2,1H3,(H,21,22)(H,14,15,20)/t7-,9-,10-,13-/m1/s1. The van der Waals surface area contributed by atoms with Crippen LogP contribution in [0.15, 0.2) is 17.4 Å². The lowest BCUT2D eigenvalue weighted by atomic mass is 10.1. The minimum Gasteiger partial charge on any atom is -0.387 e. The zero-order valence-corrected chi connectivity index (χ0v) is 14.7. The molecular formula is C13H19N4O8P. The van der Waals surface area contributed by atoms with Crippen LogP contribution in [0, 0.1) is 0 Å². The van der Waals surface area contributed by atoms with Gasteiger partial charge < -0.3 is 24.8 Å². The number of H-pyrrole nitrogens is 1. The quantitative estimate of drug-likeness (QED) is 0.443. The molecule has 0 radical (unpaired) electrons. The molecule has 0 amide bonds. The Bertz CT molecular complexity index is 869. The average molecular weight is 390 g/mol. The number of hydrogen-bond acceptors (Lipinski definition) is 9. The summed E-state index contributed by atoms with van der Waals surface area (Å²) in [5.41, 5.74) is -0.257. The Morgan fingerprint density at radius 2 is 2.12 bits per heavy atom. The number of imidazole rings is 1. The van der Waals surface area contributed by atoms with Crippen molar-refractivity contribution in [3.8, 4) is 0 Å². The fourth-order valence-electron chi connectivity index (χ4n) is 2.56. The predicted octanol–water partition coefficient (Wildman–Crippen LogP) is -0.718. The number of phosphoric ester groups is 1. The normalized spacial score (nSPS) is 28.5. The van der Waals surface area contributed by atoms with E-state index in [1.165, 1.54) is 17.2 Å². The van der Waals surface area contributed by atoms with Gasteiger partial charge in [-0.25, -0.2) is 14.5 Å². The van der Waals surface area contributed by atoms with Crippen molar-refractivity contribution >= 4 is 19.0 Å². The second kappa shape index (κ2) is 7.53. The molecule has 2 aromatic heterocycles. The monoisotopic (exact) mass is 390 g/mol. The smallest absolute Gasteiger partial charge is 0.387 e. The van der Waals surface area contributed by atoms with E-state index < -0.39 is 44.5 Å². The highest BCUT2D eigenvalue weighted by Gasteiger charge is 2.45. The first-order valence-corrected chi connectivity index (χ1v) is 9.37. The maximum Gasteiger partial charge on any atom is 0.472 e. The number of aromatic amines is 1. The number of aliphatic hydroxyl groups is 2. The van der Waals surface area contributed by atoms with Gasteiger partial charge in [0.15, 0.2) is 17.4 Å². The van der Waals surface area contributed by atoms with Gasteiger partial charge in [-0.3, -0.25) is 18.4 Å². The van der Waals surface area contributed by atoms with Crippen LogP contribution < -0.4 is 5.56 Å². The molecule has 1 saturated heterocycles. The maximum atomic E-state index is 11.7. The molecule has 26 heavy (non-hydrogen) atoms. The van der Waals surface area contributed by atoms with Crippen LogP contribution in [-0.4, -0.2) is 66.2 Å². The Hall–Kier alpha value is -1.66. The molecule has 5 atom stereocenters. The second-order valence-electron chi connectivity index (χ2n) is 5.70. The Balaban J connectivity index is 1.74. The van der Waals surface area contributed by atoms with Gasteiger partial charge >= 0.3 is 7.82 Å². The summed E-state index contributed by atoms with van der Waals surface area (Å²) >= 11 is 0. The largest absolute Gasteiger partial charge is 0.472 e. The summed E-state index contributed by atoms with van der Waals surface area (Å²) < 4.78 is 28.0. The third kappa shape index (κ3) is 3.71. The van der Waals surface area contributed by atoms with Gasteiger partial charge in [-0.2, -0.15) is 0 Å². The topological polar surface area (TPSA) is 169 Å². The highest BCUT2D eigenvalue weighted by molar-refractivity contribution is 7.47. The minimum atomic E-state index is -4.28. The Labute approximate surface area is 147 Å². The van der Waals surface area contributed by atoms with E-state index in [1.807, 2.05) is 0 Å². The summed E-state index contributed by atoms with van der Waals surface area (Å²) in [6.07, 6.45) is -2.04. The van der Waals surface area contributed by atoms with E-state index in [4.69, 9.17) is 13.8 Å². The van der Waals surface area contributed by atoms with Crippen LogP contribution in [-0.2, 0) is 18.3 Å². The number of aromatic nitrogens is 4. The zero-order valence-electron chi connectivity index (χ0n) is 13.8. The molecule has 4 N–H and O–H groups in total. The molecule has 13 heteroatoms. The second-order valence-corrected chi connectivity index (χ2v) is 7.15. The van der Waals surface area contributed by atoms with Gasteiger partial charge in [0, 0.05) is 0 Å². The Kier molecular flexibility index (Phi) is 5.53. The van der Waals surface area contributed by atoms with Gasteiger partial charge in [0.1, 0.15) is 18.3 Å². The van der Waals surface area contributed by atoms with E-state index in [2.05, 4.69) is 15.0 Å². The van der Waals surface area contributed by atoms with E-state index in [0.29, 0.717) is 6.42 Å². The Morgan fingerprint density at radius 3 is 2.85 bits per heavy atom. The lowest BCUT2D eigenvalue weighted by molar-refractivity contribution is -0.0514. The third-order valence-corrected chi connectivity index (χ3v) is 4.82. The first-order chi connectivity index (χ1) is 12.3. The van der Waals surface area contributed by atoms with Crippen LogP contribution in [0.1, 0.15) is 19.6 Å². The fourth-order valence-corrected chi connectivity index (χ4v) is 3.38. The van der Waals surface area contributed by atoms with E-state index in [9.17, 15) is 24.5 Å². The molecule has 3 heterocycles. The minimum absolute atomic E-state index is 0.0361. The van der Waals surface area contributed by atoms with Crippen molar-refractivity contribution in [2.24, 2.45) is 0 Å². The summed E-state index contributed by atoms with van der Waals surface area (Å²) in [4.78, 5) is 31.5. The molecule has 1 aliphatic rings. The molecule has 0 aliphatic carbocycles. The molecule has 1 aliphatic heterocycles. The van der Waals surface area contributed by atoms with Crippen LogP contribution in [0.5, 0.6) is 0 Å². The van der Waals surface area contributed by atoms with Crippen molar-refractivity contribution in [1.82, 2.24) is 19.5 Å². The van der Waals surface area contributed by atoms with Gasteiger partial charge in [-0.05, 0) is 6.42 Å². The predicted molar refractivity (Wildman–Crippen MR) is 86.1 cm³/mol. The fraction of sp³-hybridized carbons (Fsp3) is 0.615. The van der Waals surface area contributed by atoms with E-state index >= 15 is 0 Å². The number of rotatable bonds is 7. The molecule has 0 spiro atoms. The van der Waals surface area contributed by atoms with Gasteiger partial charge in [0.25, 0.3) is 5.56 Å². The summed E-state index contributed by atoms with van der Waals surface area (Å²) in [5.74, 6) is 0. The molecule has 1 fully saturated rings. The summed E-state index contributed by atoms with van der Waals surface area (Å²) in [7, 11) is -4.28. The van der Waals surface area contributed by atoms with Gasteiger partial charge in [-0.1, -0.05) is 6.92 Å². The van der Waals surface area contributed by atoms with E-state index in [-0.39, 0.29) is 17.8 Å². The molecule has 3 rings (SSSR count). The van der Waals surface area contributed by atoms with Crippen molar-refractivity contribution in [2.45, 2.75) is 37.9 Å². The molecule has 1 unspecified atom stereocenters. The highest BCUT2D eigenvalue weighted by atomic mass is 31.2. The van der Waals surface area contributed by atoms with Crippen LogP contribution in [0.2, 0.25) is 0 Å². The molecule has 0 aromatic carbocycles. The summed E-state index contributed by atoms with van der Waals surface area (Å²) in [6.45, 7) is 1.32. The van der Waals surface area contributed by atoms with Gasteiger partial charge in [0.2, 0.25) is 0 Å². The van der Waals surface area contributed by atoms with Crippen LogP contribution >= 0.6 is 7.82 Å². The number of hydrogen-bond donors (Lipinski definition) is 4. The average Bonchev–Trinajstić information content (AvgIpc) is 3.15. The number of fused-ring (bicyclic) bond motifs is 1. The van der Waals surface area contributed by atoms with Crippen LogP contribution in [0.25, 0.3) is 11.2 Å². The van der Waals surface area contributed by atoms with Gasteiger partial charge in [-0.15, -0.1) is 0 Å².